The van der Waals surface area contributed by atoms with Gasteiger partial charge in [0, 0.05) is 4.88 Å². The van der Waals surface area contributed by atoms with Crippen LogP contribution in [0.15, 0.2) is 29.2 Å². The van der Waals surface area contributed by atoms with Crippen LogP contribution in [-0.2, 0) is 22.9 Å². The van der Waals surface area contributed by atoms with Crippen LogP contribution >= 0.6 is 11.3 Å². The van der Waals surface area contributed by atoms with E-state index in [2.05, 4.69) is 10.3 Å². The van der Waals surface area contributed by atoms with Crippen molar-refractivity contribution in [1.82, 2.24) is 9.71 Å². The number of benzene rings is 1. The molecule has 1 aromatic carbocycles. The van der Waals surface area contributed by atoms with Gasteiger partial charge in [-0.2, -0.15) is 0 Å². The first-order valence-corrected chi connectivity index (χ1v) is 9.63. The second kappa shape index (κ2) is 6.29. The predicted molar refractivity (Wildman–Crippen MR) is 89.3 cm³/mol. The average molecular weight is 351 g/mol. The standard InChI is InChI=1S/C15H17N3O3S2/c1-10-6-8-11(9-7-10)23(20,21)18-14(19)17-15-16-12-4-2-3-5-13(12)22-15/h6-9H,2-5H2,1H3,(H2,16,17,18,19). The van der Waals surface area contributed by atoms with Gasteiger partial charge in [-0.15, -0.1) is 11.3 Å². The maximum atomic E-state index is 12.1. The topological polar surface area (TPSA) is 88.2 Å². The maximum Gasteiger partial charge on any atom is 0.334 e. The Hall–Kier alpha value is -1.93. The summed E-state index contributed by atoms with van der Waals surface area (Å²) in [6.07, 6.45) is 4.11. The molecular formula is C15H17N3O3S2. The highest BCUT2D eigenvalue weighted by atomic mass is 32.2. The Morgan fingerprint density at radius 1 is 1.17 bits per heavy atom. The van der Waals surface area contributed by atoms with Crippen molar-refractivity contribution in [2.45, 2.75) is 37.5 Å². The number of carbonyl (C=O) groups excluding carboxylic acids is 1. The van der Waals surface area contributed by atoms with Gasteiger partial charge in [0.25, 0.3) is 10.0 Å². The molecule has 1 aromatic heterocycles. The fourth-order valence-corrected chi connectivity index (χ4v) is 4.38. The maximum absolute atomic E-state index is 12.1. The third-order valence-corrected chi connectivity index (χ3v) is 6.04. The van der Waals surface area contributed by atoms with Crippen molar-refractivity contribution in [2.24, 2.45) is 0 Å². The number of fused-ring (bicyclic) bond motifs is 1. The van der Waals surface area contributed by atoms with E-state index >= 15 is 0 Å². The molecule has 0 atom stereocenters. The zero-order valence-corrected chi connectivity index (χ0v) is 14.3. The van der Waals surface area contributed by atoms with Crippen molar-refractivity contribution in [3.63, 3.8) is 0 Å². The highest BCUT2D eigenvalue weighted by Gasteiger charge is 2.20. The van der Waals surface area contributed by atoms with E-state index in [1.54, 1.807) is 12.1 Å². The van der Waals surface area contributed by atoms with Gasteiger partial charge in [-0.05, 0) is 44.7 Å². The third-order valence-electron chi connectivity index (χ3n) is 3.62. The number of nitrogens with zero attached hydrogens (tertiary/aromatic N) is 1. The lowest BCUT2D eigenvalue weighted by molar-refractivity contribution is 0.256. The Kier molecular flexibility index (Phi) is 4.36. The fourth-order valence-electron chi connectivity index (χ4n) is 2.43. The van der Waals surface area contributed by atoms with E-state index in [1.807, 2.05) is 11.6 Å². The molecule has 23 heavy (non-hydrogen) atoms. The molecule has 0 saturated heterocycles. The molecule has 0 unspecified atom stereocenters. The minimum absolute atomic E-state index is 0.0525. The number of hydrogen-bond donors (Lipinski definition) is 2. The molecular weight excluding hydrogens is 334 g/mol. The molecule has 0 spiro atoms. The quantitative estimate of drug-likeness (QED) is 0.890. The molecule has 0 radical (unpaired) electrons. The zero-order valence-electron chi connectivity index (χ0n) is 12.6. The number of thiazole rings is 1. The van der Waals surface area contributed by atoms with E-state index in [1.165, 1.54) is 28.3 Å². The molecule has 2 N–H and O–H groups in total. The second-order valence-electron chi connectivity index (χ2n) is 5.47. The van der Waals surface area contributed by atoms with E-state index in [0.717, 1.165) is 36.9 Å². The summed E-state index contributed by atoms with van der Waals surface area (Å²) < 4.78 is 26.3. The van der Waals surface area contributed by atoms with E-state index in [4.69, 9.17) is 0 Å². The predicted octanol–water partition coefficient (Wildman–Crippen LogP) is 2.84. The Bertz CT molecular complexity index is 803. The van der Waals surface area contributed by atoms with Crippen molar-refractivity contribution >= 4 is 32.5 Å². The van der Waals surface area contributed by atoms with Crippen LogP contribution in [0, 0.1) is 6.92 Å². The van der Waals surface area contributed by atoms with Crippen LogP contribution < -0.4 is 10.0 Å². The first kappa shape index (κ1) is 15.9. The normalized spacial score (nSPS) is 14.1. The minimum Gasteiger partial charge on any atom is -0.283 e. The van der Waals surface area contributed by atoms with Crippen molar-refractivity contribution in [3.8, 4) is 0 Å². The number of nitrogens with one attached hydrogen (secondary N) is 2. The molecule has 0 fully saturated rings. The van der Waals surface area contributed by atoms with Crippen molar-refractivity contribution in [1.29, 1.82) is 0 Å². The summed E-state index contributed by atoms with van der Waals surface area (Å²) in [6, 6.07) is 5.50. The van der Waals surface area contributed by atoms with Crippen LogP contribution in [0.25, 0.3) is 0 Å². The van der Waals surface area contributed by atoms with Crippen LogP contribution in [0.5, 0.6) is 0 Å². The van der Waals surface area contributed by atoms with Crippen molar-refractivity contribution < 1.29 is 13.2 Å². The lowest BCUT2D eigenvalue weighted by atomic mass is 10.0. The first-order chi connectivity index (χ1) is 10.9. The summed E-state index contributed by atoms with van der Waals surface area (Å²) in [5.41, 5.74) is 1.96. The molecule has 2 aromatic rings. The molecule has 1 aliphatic rings. The smallest absolute Gasteiger partial charge is 0.283 e. The summed E-state index contributed by atoms with van der Waals surface area (Å²) >= 11 is 1.41. The third kappa shape index (κ3) is 3.70. The van der Waals surface area contributed by atoms with Gasteiger partial charge in [-0.3, -0.25) is 5.32 Å². The van der Waals surface area contributed by atoms with Crippen molar-refractivity contribution in [3.05, 3.63) is 40.4 Å². The number of sulfonamides is 1. The molecule has 3 rings (SSSR count). The zero-order chi connectivity index (χ0) is 16.4. The van der Waals surface area contributed by atoms with Crippen LogP contribution in [-0.4, -0.2) is 19.4 Å². The van der Waals surface area contributed by atoms with Gasteiger partial charge in [-0.25, -0.2) is 22.9 Å². The van der Waals surface area contributed by atoms with E-state index in [9.17, 15) is 13.2 Å². The number of aryl methyl sites for hydroxylation is 3. The van der Waals surface area contributed by atoms with Crippen LogP contribution in [0.3, 0.4) is 0 Å². The molecule has 6 nitrogen and oxygen atoms in total. The van der Waals surface area contributed by atoms with Gasteiger partial charge in [-0.1, -0.05) is 17.7 Å². The molecule has 1 heterocycles. The highest BCUT2D eigenvalue weighted by Crippen LogP contribution is 2.29. The van der Waals surface area contributed by atoms with Crippen LogP contribution in [0.1, 0.15) is 29.0 Å². The van der Waals surface area contributed by atoms with Gasteiger partial charge < -0.3 is 0 Å². The number of urea groups is 1. The number of carbonyl (C=O) groups is 1. The molecule has 0 bridgehead atoms. The summed E-state index contributed by atoms with van der Waals surface area (Å²) in [5.74, 6) is 0. The summed E-state index contributed by atoms with van der Waals surface area (Å²) in [5, 5.41) is 2.95. The van der Waals surface area contributed by atoms with E-state index in [0.29, 0.717) is 5.13 Å². The van der Waals surface area contributed by atoms with E-state index < -0.39 is 16.1 Å². The average Bonchev–Trinajstić information content (AvgIpc) is 2.88. The lowest BCUT2D eigenvalue weighted by Gasteiger charge is -2.07. The molecule has 0 saturated carbocycles. The Morgan fingerprint density at radius 3 is 2.57 bits per heavy atom. The number of rotatable bonds is 3. The van der Waals surface area contributed by atoms with Gasteiger partial charge >= 0.3 is 6.03 Å². The summed E-state index contributed by atoms with van der Waals surface area (Å²) in [6.45, 7) is 1.86. The lowest BCUT2D eigenvalue weighted by Crippen LogP contribution is -2.34. The molecule has 1 aliphatic carbocycles. The first-order valence-electron chi connectivity index (χ1n) is 7.33. The monoisotopic (exact) mass is 351 g/mol. The molecule has 2 amide bonds. The SMILES string of the molecule is Cc1ccc(S(=O)(=O)NC(=O)Nc2nc3c(s2)CCCC3)cc1. The highest BCUT2D eigenvalue weighted by molar-refractivity contribution is 7.90. The van der Waals surface area contributed by atoms with Gasteiger partial charge in [0.1, 0.15) is 0 Å². The second-order valence-corrected chi connectivity index (χ2v) is 8.23. The van der Waals surface area contributed by atoms with Gasteiger partial charge in [0.05, 0.1) is 10.6 Å². The molecule has 122 valence electrons. The summed E-state index contributed by atoms with van der Waals surface area (Å²) in [4.78, 5) is 17.5. The molecule has 0 aliphatic heterocycles. The summed E-state index contributed by atoms with van der Waals surface area (Å²) in [7, 11) is -3.88. The van der Waals surface area contributed by atoms with Crippen molar-refractivity contribution in [2.75, 3.05) is 5.32 Å². The number of anilines is 1. The number of amides is 2. The largest absolute Gasteiger partial charge is 0.334 e. The van der Waals surface area contributed by atoms with E-state index in [-0.39, 0.29) is 4.90 Å². The molecule has 8 heteroatoms. The van der Waals surface area contributed by atoms with Crippen LogP contribution in [0.2, 0.25) is 0 Å². The fraction of sp³-hybridized carbons (Fsp3) is 0.333. The van der Waals surface area contributed by atoms with Gasteiger partial charge in [0.15, 0.2) is 5.13 Å². The number of aromatic nitrogens is 1. The minimum atomic E-state index is -3.88. The Labute approximate surface area is 139 Å². The van der Waals surface area contributed by atoms with Crippen LogP contribution in [0.4, 0.5) is 9.93 Å². The Balaban J connectivity index is 1.69. The number of hydrogen-bond acceptors (Lipinski definition) is 5. The van der Waals surface area contributed by atoms with Gasteiger partial charge in [0.2, 0.25) is 0 Å². The Morgan fingerprint density at radius 2 is 1.87 bits per heavy atom.